The number of fused-ring (bicyclic) bond motifs is 1. The van der Waals surface area contributed by atoms with E-state index in [1.54, 1.807) is 19.2 Å². The zero-order valence-corrected chi connectivity index (χ0v) is 44.5. The van der Waals surface area contributed by atoms with Crippen molar-refractivity contribution in [1.82, 2.24) is 62.4 Å². The van der Waals surface area contributed by atoms with E-state index in [1.807, 2.05) is 32.0 Å². The summed E-state index contributed by atoms with van der Waals surface area (Å²) in [5, 5.41) is 42.9. The number of likely N-dealkylation sites (tertiary alicyclic amines) is 1. The second kappa shape index (κ2) is 28.7. The number of aliphatic hydroxyl groups excluding tert-OH is 1. The van der Waals surface area contributed by atoms with Gasteiger partial charge in [0.25, 0.3) is 0 Å². The number of para-hydroxylation sites is 1. The van der Waals surface area contributed by atoms with Crippen LogP contribution >= 0.6 is 0 Å². The molecule has 2 aliphatic heterocycles. The van der Waals surface area contributed by atoms with Gasteiger partial charge >= 0.3 is 0 Å². The lowest BCUT2D eigenvalue weighted by molar-refractivity contribution is -0.142. The number of carbonyl (C=O) groups is 9. The third kappa shape index (κ3) is 17.2. The maximum atomic E-state index is 14.6. The highest BCUT2D eigenvalue weighted by molar-refractivity contribution is 5.99. The number of nitrogens with one attached hydrogen (secondary N) is 10. The van der Waals surface area contributed by atoms with E-state index in [9.17, 15) is 53.4 Å². The number of phenolic OH excluding ortho intramolecular Hbond substituents is 1. The van der Waals surface area contributed by atoms with Crippen LogP contribution in [-0.2, 0) is 62.4 Å². The fourth-order valence-electron chi connectivity index (χ4n) is 9.53. The summed E-state index contributed by atoms with van der Waals surface area (Å²) in [6.07, 6.45) is 5.77. The van der Waals surface area contributed by atoms with E-state index < -0.39 is 96.3 Å². The standard InChI is InChI=1S/C53H73N15O11/c1-4-57-51(78)43-12-8-20-68(43)52(79)37(11-7-19-58-53(54)55)62-46(73)38(21-29(2)3)63-47(74)39(22-30-13-15-33(70)16-14-30)64-50(77)42(27-69)67-48(75)40(23-31-25-59-35-10-6-5-9-34(31)35)65-49(76)41(24-32-26-56-28-60-32)66-45(72)36-17-18-44(71)61-36/h5-6,9-10,13-16,25-26,28-29,36-43,59,69-70H,4,7-8,11-12,17-24,27H2,1-3H3,(H,56,60)(H,57,78)(H,61,71)(H,62,73)(H,63,74)(H,64,77)(H,65,76)(H,66,72)(H,67,75)(H4,54,55,58)/t36-,37?,38?,39?,40?,41?,42?,43-/m0/s1. The summed E-state index contributed by atoms with van der Waals surface area (Å²) >= 11 is 0. The molecule has 0 saturated carbocycles. The first-order valence-electron chi connectivity index (χ1n) is 26.5. The molecule has 2 aliphatic rings. The molecule has 4 heterocycles. The van der Waals surface area contributed by atoms with Gasteiger partial charge in [0, 0.05) is 74.3 Å². The number of hydrogen-bond acceptors (Lipinski definition) is 13. The van der Waals surface area contributed by atoms with Gasteiger partial charge in [-0.05, 0) is 80.7 Å². The number of guanidine groups is 1. The van der Waals surface area contributed by atoms with Crippen LogP contribution in [0, 0.1) is 5.92 Å². The molecule has 2 aromatic carbocycles. The Kier molecular flexibility index (Phi) is 21.7. The van der Waals surface area contributed by atoms with Gasteiger partial charge in [-0.1, -0.05) is 44.2 Å². The number of aromatic hydroxyl groups is 1. The molecular formula is C53H73N15O11. The Morgan fingerprint density at radius 2 is 1.41 bits per heavy atom. The molecule has 4 aromatic rings. The van der Waals surface area contributed by atoms with Crippen LogP contribution in [0.5, 0.6) is 5.75 Å². The van der Waals surface area contributed by atoms with Crippen LogP contribution in [0.15, 0.2) is 72.2 Å². The monoisotopic (exact) mass is 1100 g/mol. The van der Waals surface area contributed by atoms with Crippen molar-refractivity contribution in [3.05, 3.63) is 84.1 Å². The normalized spacial score (nSPS) is 17.3. The van der Waals surface area contributed by atoms with Crippen LogP contribution in [0.25, 0.3) is 10.9 Å². The Morgan fingerprint density at radius 1 is 0.772 bits per heavy atom. The largest absolute Gasteiger partial charge is 0.508 e. The van der Waals surface area contributed by atoms with Gasteiger partial charge in [-0.25, -0.2) is 4.98 Å². The number of phenols is 1. The third-order valence-corrected chi connectivity index (χ3v) is 13.6. The number of aromatic amines is 2. The number of nitrogens with two attached hydrogens (primary N) is 2. The highest BCUT2D eigenvalue weighted by Gasteiger charge is 2.39. The third-order valence-electron chi connectivity index (χ3n) is 13.6. The molecule has 2 saturated heterocycles. The molecule has 6 rings (SSSR count). The van der Waals surface area contributed by atoms with Gasteiger partial charge in [0.05, 0.1) is 12.9 Å². The molecule has 8 atom stereocenters. The number of likely N-dealkylation sites (N-methyl/N-ethyl adjacent to an activating group) is 1. The fraction of sp³-hybridized carbons (Fsp3) is 0.491. The molecule has 26 nitrogen and oxygen atoms in total. The number of H-pyrrole nitrogens is 2. The van der Waals surface area contributed by atoms with Crippen molar-refractivity contribution in [3.8, 4) is 5.75 Å². The average Bonchev–Trinajstić information content (AvgIpc) is 4.33. The number of rotatable bonds is 28. The molecule has 2 fully saturated rings. The van der Waals surface area contributed by atoms with E-state index >= 15 is 0 Å². The molecule has 9 amide bonds. The van der Waals surface area contributed by atoms with Crippen molar-refractivity contribution in [3.63, 3.8) is 0 Å². The van der Waals surface area contributed by atoms with Gasteiger partial charge in [-0.3, -0.25) is 48.1 Å². The molecule has 6 unspecified atom stereocenters. The number of amides is 9. The van der Waals surface area contributed by atoms with E-state index in [0.717, 1.165) is 10.9 Å². The summed E-state index contributed by atoms with van der Waals surface area (Å²) < 4.78 is 0. The first-order valence-corrected chi connectivity index (χ1v) is 26.5. The molecule has 79 heavy (non-hydrogen) atoms. The first kappa shape index (κ1) is 59.7. The smallest absolute Gasteiger partial charge is 0.245 e. The van der Waals surface area contributed by atoms with Crippen molar-refractivity contribution >= 4 is 70.0 Å². The molecule has 0 spiro atoms. The Hall–Kier alpha value is -8.55. The first-order chi connectivity index (χ1) is 37.8. The van der Waals surface area contributed by atoms with Gasteiger partial charge in [-0.2, -0.15) is 0 Å². The lowest BCUT2D eigenvalue weighted by Gasteiger charge is -2.30. The molecule has 0 bridgehead atoms. The predicted molar refractivity (Wildman–Crippen MR) is 289 cm³/mol. The number of imidazole rings is 1. The minimum atomic E-state index is -1.73. The van der Waals surface area contributed by atoms with Gasteiger partial charge in [0.15, 0.2) is 5.96 Å². The SMILES string of the molecule is CCNC(=O)[C@@H]1CCCN1C(=O)C(CCCN=C(N)N)NC(=O)C(CC(C)C)NC(=O)C(Cc1ccc(O)cc1)NC(=O)C(CO)NC(=O)C(Cc1c[nH]c2ccccc12)NC(=O)C(Cc1cnc[nH]1)NC(=O)[C@@H]1CCC(=O)N1. The van der Waals surface area contributed by atoms with Crippen LogP contribution in [0.2, 0.25) is 0 Å². The van der Waals surface area contributed by atoms with Gasteiger partial charge in [-0.15, -0.1) is 0 Å². The number of aliphatic hydroxyl groups is 1. The van der Waals surface area contributed by atoms with Crippen LogP contribution in [0.4, 0.5) is 0 Å². The second-order valence-electron chi connectivity index (χ2n) is 20.1. The lowest BCUT2D eigenvalue weighted by Crippen LogP contribution is -2.61. The van der Waals surface area contributed by atoms with Gasteiger partial charge in [0.1, 0.15) is 54.1 Å². The molecule has 426 valence electrons. The van der Waals surface area contributed by atoms with E-state index in [-0.39, 0.29) is 93.9 Å². The van der Waals surface area contributed by atoms with E-state index in [0.29, 0.717) is 36.2 Å². The van der Waals surface area contributed by atoms with E-state index in [1.165, 1.54) is 41.7 Å². The Bertz CT molecular complexity index is 2800. The van der Waals surface area contributed by atoms with Crippen molar-refractivity contribution in [2.45, 2.75) is 133 Å². The van der Waals surface area contributed by atoms with Crippen LogP contribution in [0.1, 0.15) is 82.5 Å². The van der Waals surface area contributed by atoms with Crippen molar-refractivity contribution in [2.24, 2.45) is 22.4 Å². The lowest BCUT2D eigenvalue weighted by atomic mass is 10.00. The van der Waals surface area contributed by atoms with Crippen LogP contribution < -0.4 is 54.0 Å². The van der Waals surface area contributed by atoms with Gasteiger partial charge in [0.2, 0.25) is 53.2 Å². The van der Waals surface area contributed by atoms with Crippen molar-refractivity contribution in [1.29, 1.82) is 0 Å². The quantitative estimate of drug-likeness (QED) is 0.0167. The zero-order valence-electron chi connectivity index (χ0n) is 44.5. The van der Waals surface area contributed by atoms with Gasteiger partial charge < -0.3 is 79.1 Å². The summed E-state index contributed by atoms with van der Waals surface area (Å²) in [7, 11) is 0. The molecule has 2 aromatic heterocycles. The molecule has 16 N–H and O–H groups in total. The summed E-state index contributed by atoms with van der Waals surface area (Å²) in [6, 6.07) is 2.96. The number of carbonyl (C=O) groups excluding carboxylic acids is 9. The summed E-state index contributed by atoms with van der Waals surface area (Å²) in [4.78, 5) is 140. The molecule has 0 radical (unpaired) electrons. The summed E-state index contributed by atoms with van der Waals surface area (Å²) in [5.41, 5.74) is 13.3. The Balaban J connectivity index is 1.23. The number of nitrogens with zero attached hydrogens (tertiary/aromatic N) is 3. The second-order valence-corrected chi connectivity index (χ2v) is 20.1. The molecule has 0 aliphatic carbocycles. The minimum absolute atomic E-state index is 0.0695. The van der Waals surface area contributed by atoms with Crippen molar-refractivity contribution < 1.29 is 53.4 Å². The summed E-state index contributed by atoms with van der Waals surface area (Å²) in [5.74, 6) is -6.55. The fourth-order valence-corrected chi connectivity index (χ4v) is 9.53. The zero-order chi connectivity index (χ0) is 57.2. The topological polar surface area (TPSA) is 402 Å². The number of hydrogen-bond donors (Lipinski definition) is 14. The van der Waals surface area contributed by atoms with Crippen molar-refractivity contribution in [2.75, 3.05) is 26.2 Å². The average molecular weight is 1100 g/mol. The maximum absolute atomic E-state index is 14.6. The number of aliphatic imine (C=N–C) groups is 1. The van der Waals surface area contributed by atoms with E-state index in [4.69, 9.17) is 11.5 Å². The number of aromatic nitrogens is 3. The minimum Gasteiger partial charge on any atom is -0.508 e. The van der Waals surface area contributed by atoms with Crippen LogP contribution in [-0.4, -0.2) is 164 Å². The summed E-state index contributed by atoms with van der Waals surface area (Å²) in [6.45, 7) is 5.17. The highest BCUT2D eigenvalue weighted by Crippen LogP contribution is 2.22. The molecular weight excluding hydrogens is 1020 g/mol. The Morgan fingerprint density at radius 3 is 2.04 bits per heavy atom. The maximum Gasteiger partial charge on any atom is 0.245 e. The number of benzene rings is 2. The highest BCUT2D eigenvalue weighted by atomic mass is 16.3. The predicted octanol–water partition coefficient (Wildman–Crippen LogP) is -1.97. The van der Waals surface area contributed by atoms with Crippen LogP contribution in [0.3, 0.4) is 0 Å². The molecule has 26 heteroatoms. The Labute approximate surface area is 456 Å². The van der Waals surface area contributed by atoms with E-state index in [2.05, 4.69) is 62.5 Å².